The van der Waals surface area contributed by atoms with Gasteiger partial charge in [0.2, 0.25) is 0 Å². The summed E-state index contributed by atoms with van der Waals surface area (Å²) in [6.07, 6.45) is 4.80. The van der Waals surface area contributed by atoms with Crippen molar-refractivity contribution >= 4 is 15.7 Å². The van der Waals surface area contributed by atoms with Gasteiger partial charge in [0, 0.05) is 17.8 Å². The first-order valence-corrected chi connectivity index (χ1v) is 6.23. The Labute approximate surface area is 88.2 Å². The number of aryl methyl sites for hydroxylation is 1. The fourth-order valence-corrected chi connectivity index (χ4v) is 2.63. The first-order chi connectivity index (χ1) is 7.07. The lowest BCUT2D eigenvalue weighted by molar-refractivity contribution is 0.605. The van der Waals surface area contributed by atoms with Gasteiger partial charge < -0.3 is 5.32 Å². The molecule has 1 atom stereocenters. The molecule has 0 amide bonds. The van der Waals surface area contributed by atoms with E-state index in [4.69, 9.17) is 0 Å². The number of aromatic nitrogens is 2. The second kappa shape index (κ2) is 3.62. The summed E-state index contributed by atoms with van der Waals surface area (Å²) in [6, 6.07) is -0.203. The predicted octanol–water partition coefficient (Wildman–Crippen LogP) is 0.508. The molecule has 0 radical (unpaired) electrons. The Morgan fingerprint density at radius 2 is 2.13 bits per heavy atom. The van der Waals surface area contributed by atoms with E-state index in [9.17, 15) is 8.42 Å². The summed E-state index contributed by atoms with van der Waals surface area (Å²) in [7, 11) is -3.02. The number of sulfone groups is 1. The van der Waals surface area contributed by atoms with E-state index in [2.05, 4.69) is 15.3 Å². The van der Waals surface area contributed by atoms with E-state index in [1.165, 1.54) is 5.41 Å². The molecule has 1 N–H and O–H groups in total. The highest BCUT2D eigenvalue weighted by molar-refractivity contribution is 7.94. The van der Waals surface area contributed by atoms with Crippen molar-refractivity contribution in [1.82, 2.24) is 9.97 Å². The minimum atomic E-state index is -3.02. The van der Waals surface area contributed by atoms with Gasteiger partial charge >= 0.3 is 0 Å². The van der Waals surface area contributed by atoms with Gasteiger partial charge in [-0.25, -0.2) is 13.4 Å². The third-order valence-corrected chi connectivity index (χ3v) is 3.53. The van der Waals surface area contributed by atoms with Gasteiger partial charge in [-0.15, -0.1) is 0 Å². The van der Waals surface area contributed by atoms with E-state index in [0.29, 0.717) is 5.82 Å². The van der Waals surface area contributed by atoms with Crippen molar-refractivity contribution in [2.24, 2.45) is 0 Å². The van der Waals surface area contributed by atoms with E-state index < -0.39 is 9.84 Å². The Balaban J connectivity index is 2.12. The van der Waals surface area contributed by atoms with Gasteiger partial charge in [-0.1, -0.05) is 0 Å². The maximum atomic E-state index is 11.2. The van der Waals surface area contributed by atoms with Crippen LogP contribution in [0.5, 0.6) is 0 Å². The molecular weight excluding hydrogens is 214 g/mol. The molecule has 6 heteroatoms. The number of hydrogen-bond donors (Lipinski definition) is 1. The second-order valence-electron chi connectivity index (χ2n) is 3.40. The van der Waals surface area contributed by atoms with Gasteiger partial charge in [0.1, 0.15) is 5.82 Å². The zero-order chi connectivity index (χ0) is 10.9. The first kappa shape index (κ1) is 10.1. The molecule has 80 valence electrons. The van der Waals surface area contributed by atoms with Crippen LogP contribution in [0.2, 0.25) is 0 Å². The van der Waals surface area contributed by atoms with Crippen molar-refractivity contribution in [3.8, 4) is 0 Å². The lowest BCUT2D eigenvalue weighted by Crippen LogP contribution is -2.22. The van der Waals surface area contributed by atoms with Gasteiger partial charge in [0.25, 0.3) is 0 Å². The topological polar surface area (TPSA) is 72.0 Å². The van der Waals surface area contributed by atoms with E-state index in [0.717, 1.165) is 5.69 Å². The van der Waals surface area contributed by atoms with E-state index in [1.807, 2.05) is 6.92 Å². The fraction of sp³-hybridized carbons (Fsp3) is 0.333. The van der Waals surface area contributed by atoms with Crippen LogP contribution in [0, 0.1) is 6.92 Å². The van der Waals surface area contributed by atoms with Gasteiger partial charge in [-0.2, -0.15) is 0 Å². The molecule has 1 aromatic heterocycles. The van der Waals surface area contributed by atoms with Crippen molar-refractivity contribution < 1.29 is 8.42 Å². The molecule has 1 aliphatic heterocycles. The third-order valence-electron chi connectivity index (χ3n) is 2.13. The highest BCUT2D eigenvalue weighted by Crippen LogP contribution is 2.14. The lowest BCUT2D eigenvalue weighted by Gasteiger charge is -2.11. The SMILES string of the molecule is Cc1nccnc1NC1C=CS(=O)(=O)C1. The lowest BCUT2D eigenvalue weighted by atomic mass is 10.3. The summed E-state index contributed by atoms with van der Waals surface area (Å²) in [5, 5.41) is 4.26. The third kappa shape index (κ3) is 2.33. The standard InChI is InChI=1S/C9H11N3O2S/c1-7-9(11-4-3-10-7)12-8-2-5-15(13,14)6-8/h2-5,8H,6H2,1H3,(H,11,12). The van der Waals surface area contributed by atoms with Crippen LogP contribution in [0.15, 0.2) is 23.9 Å². The zero-order valence-corrected chi connectivity index (χ0v) is 9.03. The van der Waals surface area contributed by atoms with Crippen molar-refractivity contribution in [1.29, 1.82) is 0 Å². The highest BCUT2D eigenvalue weighted by atomic mass is 32.2. The summed E-state index contributed by atoms with van der Waals surface area (Å²) in [5.41, 5.74) is 0.759. The van der Waals surface area contributed by atoms with Crippen LogP contribution in [-0.4, -0.2) is 30.2 Å². The quantitative estimate of drug-likeness (QED) is 0.794. The van der Waals surface area contributed by atoms with Crippen LogP contribution in [0.3, 0.4) is 0 Å². The van der Waals surface area contributed by atoms with Crippen LogP contribution in [0.1, 0.15) is 5.69 Å². The summed E-state index contributed by atoms with van der Waals surface area (Å²) < 4.78 is 22.3. The molecule has 5 nitrogen and oxygen atoms in total. The van der Waals surface area contributed by atoms with Gasteiger partial charge in [-0.3, -0.25) is 4.98 Å². The Kier molecular flexibility index (Phi) is 2.44. The molecule has 1 aromatic rings. The van der Waals surface area contributed by atoms with Crippen LogP contribution >= 0.6 is 0 Å². The number of nitrogens with one attached hydrogen (secondary N) is 1. The van der Waals surface area contributed by atoms with Gasteiger partial charge in [0.15, 0.2) is 9.84 Å². The first-order valence-electron chi connectivity index (χ1n) is 4.52. The molecule has 1 aliphatic rings. The van der Waals surface area contributed by atoms with Crippen LogP contribution in [0.25, 0.3) is 0 Å². The average Bonchev–Trinajstić information content (AvgIpc) is 2.50. The summed E-state index contributed by atoms with van der Waals surface area (Å²) in [5.74, 6) is 0.715. The molecule has 0 saturated carbocycles. The minimum Gasteiger partial charge on any atom is -0.361 e. The smallest absolute Gasteiger partial charge is 0.173 e. The predicted molar refractivity (Wildman–Crippen MR) is 57.1 cm³/mol. The molecule has 15 heavy (non-hydrogen) atoms. The maximum Gasteiger partial charge on any atom is 0.173 e. The molecule has 0 aromatic carbocycles. The van der Waals surface area contributed by atoms with E-state index >= 15 is 0 Å². The normalized spacial score (nSPS) is 22.9. The molecule has 2 rings (SSSR count). The Morgan fingerprint density at radius 1 is 1.40 bits per heavy atom. The van der Waals surface area contributed by atoms with Crippen molar-refractivity contribution in [3.63, 3.8) is 0 Å². The van der Waals surface area contributed by atoms with Crippen LogP contribution < -0.4 is 5.32 Å². The average molecular weight is 225 g/mol. The largest absolute Gasteiger partial charge is 0.361 e. The number of rotatable bonds is 2. The Morgan fingerprint density at radius 3 is 2.73 bits per heavy atom. The second-order valence-corrected chi connectivity index (χ2v) is 5.33. The van der Waals surface area contributed by atoms with E-state index in [-0.39, 0.29) is 11.8 Å². The van der Waals surface area contributed by atoms with Gasteiger partial charge in [0.05, 0.1) is 17.5 Å². The summed E-state index contributed by atoms with van der Waals surface area (Å²) in [4.78, 5) is 8.15. The number of nitrogens with zero attached hydrogens (tertiary/aromatic N) is 2. The summed E-state index contributed by atoms with van der Waals surface area (Å²) in [6.45, 7) is 1.82. The molecular formula is C9H11N3O2S. The number of hydrogen-bond acceptors (Lipinski definition) is 5. The Bertz CT molecular complexity index is 496. The van der Waals surface area contributed by atoms with Crippen molar-refractivity contribution in [2.75, 3.05) is 11.1 Å². The van der Waals surface area contributed by atoms with Crippen LogP contribution in [0.4, 0.5) is 5.82 Å². The zero-order valence-electron chi connectivity index (χ0n) is 8.21. The monoisotopic (exact) mass is 225 g/mol. The molecule has 0 bridgehead atoms. The van der Waals surface area contributed by atoms with E-state index in [1.54, 1.807) is 18.5 Å². The Hall–Kier alpha value is -1.43. The molecule has 1 unspecified atom stereocenters. The summed E-state index contributed by atoms with van der Waals surface area (Å²) >= 11 is 0. The molecule has 2 heterocycles. The maximum absolute atomic E-state index is 11.2. The minimum absolute atomic E-state index is 0.0863. The van der Waals surface area contributed by atoms with Crippen molar-refractivity contribution in [3.05, 3.63) is 29.6 Å². The molecule has 0 aliphatic carbocycles. The molecule has 0 fully saturated rings. The highest BCUT2D eigenvalue weighted by Gasteiger charge is 2.22. The van der Waals surface area contributed by atoms with Crippen LogP contribution in [-0.2, 0) is 9.84 Å². The molecule has 0 saturated heterocycles. The van der Waals surface area contributed by atoms with Gasteiger partial charge in [-0.05, 0) is 13.0 Å². The number of anilines is 1. The molecule has 0 spiro atoms. The fourth-order valence-electron chi connectivity index (χ4n) is 1.39. The van der Waals surface area contributed by atoms with Crippen molar-refractivity contribution in [2.45, 2.75) is 13.0 Å².